The van der Waals surface area contributed by atoms with Crippen LogP contribution in [0, 0.1) is 11.8 Å². The number of rotatable bonds is 3. The second-order valence-corrected chi connectivity index (χ2v) is 10.9. The van der Waals surface area contributed by atoms with Gasteiger partial charge in [0.15, 0.2) is 0 Å². The van der Waals surface area contributed by atoms with E-state index in [2.05, 4.69) is 0 Å². The van der Waals surface area contributed by atoms with E-state index in [0.717, 1.165) is 12.1 Å². The summed E-state index contributed by atoms with van der Waals surface area (Å²) < 4.78 is 29.1. The molecule has 0 radical (unpaired) electrons. The van der Waals surface area contributed by atoms with Crippen molar-refractivity contribution >= 4 is 15.9 Å². The monoisotopic (exact) mass is 441 g/mol. The predicted molar refractivity (Wildman–Crippen MR) is 116 cm³/mol. The first-order valence-electron chi connectivity index (χ1n) is 11.0. The van der Waals surface area contributed by atoms with E-state index in [-0.39, 0.29) is 23.3 Å². The average molecular weight is 442 g/mol. The van der Waals surface area contributed by atoms with Crippen LogP contribution >= 0.6 is 0 Å². The normalized spacial score (nSPS) is 24.6. The van der Waals surface area contributed by atoms with E-state index in [0.29, 0.717) is 56.4 Å². The topological polar surface area (TPSA) is 79.7 Å². The third-order valence-corrected chi connectivity index (χ3v) is 8.89. The number of hydrogen-bond acceptors (Lipinski definition) is 4. The zero-order chi connectivity index (χ0) is 21.6. The number of nitrogens with zero attached hydrogens (tertiary/aromatic N) is 3. The summed E-state index contributed by atoms with van der Waals surface area (Å²) >= 11 is 0. The molecule has 2 saturated heterocycles. The molecule has 2 aromatic rings. The Labute approximate surface area is 182 Å². The molecule has 2 bridgehead atoms. The van der Waals surface area contributed by atoms with Crippen LogP contribution in [-0.2, 0) is 21.4 Å². The number of benzene rings is 1. The molecule has 3 aliphatic heterocycles. The standard InChI is InChI=1S/C23H27N3O4S/c27-22-8-4-7-21-19-13-17(15-26(21)22)14-24(16-19)23(28)18-9-11-25(12-10-18)31(29,30)20-5-2-1-3-6-20/h1-8,17-19H,9-16H2/t17-,19-/m0/s1. The Morgan fingerprint density at radius 2 is 1.65 bits per heavy atom. The highest BCUT2D eigenvalue weighted by molar-refractivity contribution is 7.89. The second kappa shape index (κ2) is 7.91. The lowest BCUT2D eigenvalue weighted by Crippen LogP contribution is -2.52. The van der Waals surface area contributed by atoms with Crippen molar-refractivity contribution in [2.45, 2.75) is 36.6 Å². The van der Waals surface area contributed by atoms with Gasteiger partial charge in [0.05, 0.1) is 4.90 Å². The molecule has 3 aliphatic rings. The Morgan fingerprint density at radius 3 is 2.39 bits per heavy atom. The number of pyridine rings is 1. The van der Waals surface area contributed by atoms with E-state index >= 15 is 0 Å². The summed E-state index contributed by atoms with van der Waals surface area (Å²) in [5.74, 6) is 0.495. The summed E-state index contributed by atoms with van der Waals surface area (Å²) in [6, 6.07) is 13.9. The molecule has 31 heavy (non-hydrogen) atoms. The van der Waals surface area contributed by atoms with Crippen molar-refractivity contribution in [3.8, 4) is 0 Å². The highest BCUT2D eigenvalue weighted by Crippen LogP contribution is 2.36. The second-order valence-electron chi connectivity index (χ2n) is 8.93. The highest BCUT2D eigenvalue weighted by atomic mass is 32.2. The number of aromatic nitrogens is 1. The van der Waals surface area contributed by atoms with Gasteiger partial charge in [-0.1, -0.05) is 24.3 Å². The summed E-state index contributed by atoms with van der Waals surface area (Å²) in [6.45, 7) is 2.72. The van der Waals surface area contributed by atoms with Crippen LogP contribution in [0.3, 0.4) is 0 Å². The van der Waals surface area contributed by atoms with E-state index in [1.165, 1.54) is 4.31 Å². The van der Waals surface area contributed by atoms with Crippen molar-refractivity contribution in [1.29, 1.82) is 0 Å². The molecule has 0 unspecified atom stereocenters. The minimum Gasteiger partial charge on any atom is -0.341 e. The molecule has 5 rings (SSSR count). The van der Waals surface area contributed by atoms with Gasteiger partial charge in [-0.2, -0.15) is 4.31 Å². The lowest BCUT2D eigenvalue weighted by molar-refractivity contribution is -0.139. The van der Waals surface area contributed by atoms with Crippen LogP contribution in [-0.4, -0.2) is 54.3 Å². The molecule has 0 saturated carbocycles. The fourth-order valence-corrected chi connectivity index (χ4v) is 6.91. The summed E-state index contributed by atoms with van der Waals surface area (Å²) in [5.41, 5.74) is 1.07. The zero-order valence-corrected chi connectivity index (χ0v) is 18.2. The first kappa shape index (κ1) is 20.5. The molecule has 164 valence electrons. The van der Waals surface area contributed by atoms with Crippen LogP contribution in [0.5, 0.6) is 0 Å². The minimum atomic E-state index is -3.51. The number of piperidine rings is 2. The number of fused-ring (bicyclic) bond motifs is 4. The minimum absolute atomic E-state index is 0.0407. The van der Waals surface area contributed by atoms with Gasteiger partial charge in [0, 0.05) is 56.3 Å². The van der Waals surface area contributed by atoms with Gasteiger partial charge in [-0.15, -0.1) is 0 Å². The molecule has 2 atom stereocenters. The Kier molecular flexibility index (Phi) is 5.22. The SMILES string of the molecule is O=C(C1CCN(S(=O)(=O)c2ccccc2)CC1)N1C[C@@H]2C[C@@H](C1)c1cccc(=O)n1C2. The van der Waals surface area contributed by atoms with Gasteiger partial charge < -0.3 is 9.47 Å². The third kappa shape index (κ3) is 3.72. The predicted octanol–water partition coefficient (Wildman–Crippen LogP) is 1.89. The van der Waals surface area contributed by atoms with Crippen LogP contribution in [0.1, 0.15) is 30.9 Å². The summed E-state index contributed by atoms with van der Waals surface area (Å²) in [7, 11) is -3.51. The lowest BCUT2D eigenvalue weighted by Gasteiger charge is -2.44. The Bertz CT molecular complexity index is 1140. The van der Waals surface area contributed by atoms with Crippen LogP contribution in [0.25, 0.3) is 0 Å². The maximum atomic E-state index is 13.3. The molecule has 1 aromatic carbocycles. The molecule has 0 spiro atoms. The van der Waals surface area contributed by atoms with E-state index in [1.54, 1.807) is 42.5 Å². The molecule has 1 aromatic heterocycles. The van der Waals surface area contributed by atoms with Gasteiger partial charge in [0.2, 0.25) is 15.9 Å². The first-order valence-corrected chi connectivity index (χ1v) is 12.4. The number of amides is 1. The number of hydrogen-bond donors (Lipinski definition) is 0. The lowest BCUT2D eigenvalue weighted by atomic mass is 9.82. The number of carbonyl (C=O) groups is 1. The van der Waals surface area contributed by atoms with Gasteiger partial charge in [-0.05, 0) is 43.4 Å². The van der Waals surface area contributed by atoms with Gasteiger partial charge in [-0.25, -0.2) is 8.42 Å². The van der Waals surface area contributed by atoms with Crippen molar-refractivity contribution in [1.82, 2.24) is 13.8 Å². The van der Waals surface area contributed by atoms with Crippen molar-refractivity contribution in [2.75, 3.05) is 26.2 Å². The van der Waals surface area contributed by atoms with Gasteiger partial charge in [0.25, 0.3) is 5.56 Å². The van der Waals surface area contributed by atoms with E-state index in [4.69, 9.17) is 0 Å². The number of sulfonamides is 1. The van der Waals surface area contributed by atoms with Crippen molar-refractivity contribution in [3.05, 3.63) is 64.6 Å². The number of carbonyl (C=O) groups excluding carboxylic acids is 1. The summed E-state index contributed by atoms with van der Waals surface area (Å²) in [4.78, 5) is 27.7. The molecular formula is C23H27N3O4S. The molecule has 0 aliphatic carbocycles. The molecule has 8 heteroatoms. The smallest absolute Gasteiger partial charge is 0.250 e. The van der Waals surface area contributed by atoms with E-state index in [9.17, 15) is 18.0 Å². The van der Waals surface area contributed by atoms with E-state index < -0.39 is 10.0 Å². The maximum Gasteiger partial charge on any atom is 0.250 e. The molecule has 7 nitrogen and oxygen atoms in total. The van der Waals surface area contributed by atoms with Crippen molar-refractivity contribution < 1.29 is 13.2 Å². The highest BCUT2D eigenvalue weighted by Gasteiger charge is 2.39. The fraction of sp³-hybridized carbons (Fsp3) is 0.478. The van der Waals surface area contributed by atoms with Crippen LogP contribution in [0.15, 0.2) is 58.2 Å². The van der Waals surface area contributed by atoms with Crippen molar-refractivity contribution in [3.63, 3.8) is 0 Å². The van der Waals surface area contributed by atoms with Crippen LogP contribution in [0.2, 0.25) is 0 Å². The Hall–Kier alpha value is -2.45. The third-order valence-electron chi connectivity index (χ3n) is 6.98. The zero-order valence-electron chi connectivity index (χ0n) is 17.4. The first-order chi connectivity index (χ1) is 14.9. The maximum absolute atomic E-state index is 13.3. The van der Waals surface area contributed by atoms with Gasteiger partial charge in [-0.3, -0.25) is 9.59 Å². The van der Waals surface area contributed by atoms with Gasteiger partial charge in [0.1, 0.15) is 0 Å². The van der Waals surface area contributed by atoms with Crippen LogP contribution in [0.4, 0.5) is 0 Å². The number of likely N-dealkylation sites (tertiary alicyclic amines) is 1. The van der Waals surface area contributed by atoms with Gasteiger partial charge >= 0.3 is 0 Å². The molecule has 0 N–H and O–H groups in total. The molecule has 1 amide bonds. The fourth-order valence-electron chi connectivity index (χ4n) is 5.42. The molecule has 4 heterocycles. The van der Waals surface area contributed by atoms with Crippen molar-refractivity contribution in [2.24, 2.45) is 11.8 Å². The summed E-state index contributed by atoms with van der Waals surface area (Å²) in [5, 5.41) is 0. The largest absolute Gasteiger partial charge is 0.341 e. The quantitative estimate of drug-likeness (QED) is 0.729. The Morgan fingerprint density at radius 1 is 0.903 bits per heavy atom. The van der Waals surface area contributed by atoms with Crippen LogP contribution < -0.4 is 5.56 Å². The van der Waals surface area contributed by atoms with E-state index in [1.807, 2.05) is 15.5 Å². The molecule has 2 fully saturated rings. The summed E-state index contributed by atoms with van der Waals surface area (Å²) in [6.07, 6.45) is 2.11. The molecular weight excluding hydrogens is 414 g/mol. The average Bonchev–Trinajstić information content (AvgIpc) is 2.80. The Balaban J connectivity index is 1.25.